The lowest BCUT2D eigenvalue weighted by atomic mass is 10.1. The van der Waals surface area contributed by atoms with Gasteiger partial charge in [-0.1, -0.05) is 0 Å². The van der Waals surface area contributed by atoms with Gasteiger partial charge in [0.25, 0.3) is 5.91 Å². The van der Waals surface area contributed by atoms with Crippen LogP contribution in [0.2, 0.25) is 0 Å². The normalized spacial score (nSPS) is 21.5. The fourth-order valence-corrected chi connectivity index (χ4v) is 1.71. The zero-order chi connectivity index (χ0) is 11.4. The van der Waals surface area contributed by atoms with Crippen molar-refractivity contribution in [3.05, 3.63) is 0 Å². The molecule has 6 heteroatoms. The maximum atomic E-state index is 11.6. The fourth-order valence-electron chi connectivity index (χ4n) is 1.42. The first-order valence-corrected chi connectivity index (χ1v) is 5.31. The summed E-state index contributed by atoms with van der Waals surface area (Å²) in [6.45, 7) is 2.63. The van der Waals surface area contributed by atoms with E-state index in [1.165, 1.54) is 7.05 Å². The van der Waals surface area contributed by atoms with Crippen LogP contribution in [0, 0.1) is 0 Å². The number of hydrogen-bond donors (Lipinski definition) is 2. The Balaban J connectivity index is 2.53. The van der Waals surface area contributed by atoms with E-state index in [0.717, 1.165) is 4.90 Å². The smallest absolute Gasteiger partial charge is 0.251 e. The van der Waals surface area contributed by atoms with Crippen LogP contribution in [0.15, 0.2) is 0 Å². The number of hydrogen-bond acceptors (Lipinski definition) is 3. The maximum Gasteiger partial charge on any atom is 0.251 e. The molecule has 5 nitrogen and oxygen atoms in total. The van der Waals surface area contributed by atoms with Crippen molar-refractivity contribution >= 4 is 29.1 Å². The average molecular weight is 229 g/mol. The molecule has 1 aliphatic rings. The number of thiocarbonyl (C=S) groups is 1. The first kappa shape index (κ1) is 11.9. The minimum Gasteiger partial charge on any atom is -0.363 e. The molecule has 0 aromatic rings. The highest BCUT2D eigenvalue weighted by atomic mass is 32.1. The van der Waals surface area contributed by atoms with Crippen molar-refractivity contribution in [3.63, 3.8) is 0 Å². The van der Waals surface area contributed by atoms with E-state index in [0.29, 0.717) is 24.5 Å². The Bertz CT molecular complexity index is 293. The Kier molecular flexibility index (Phi) is 4.02. The molecule has 84 valence electrons. The first-order chi connectivity index (χ1) is 7.06. The predicted molar refractivity (Wildman–Crippen MR) is 60.2 cm³/mol. The third kappa shape index (κ3) is 2.89. The fraction of sp³-hybridized carbons (Fsp3) is 0.667. The molecule has 1 unspecified atom stereocenters. The Hall–Kier alpha value is -1.17. The Labute approximate surface area is 94.2 Å². The lowest BCUT2D eigenvalue weighted by Crippen LogP contribution is -2.54. The summed E-state index contributed by atoms with van der Waals surface area (Å²) in [7, 11) is 1.49. The molecule has 15 heavy (non-hydrogen) atoms. The van der Waals surface area contributed by atoms with Crippen molar-refractivity contribution in [2.45, 2.75) is 25.8 Å². The van der Waals surface area contributed by atoms with Crippen LogP contribution in [0.25, 0.3) is 0 Å². The maximum absolute atomic E-state index is 11.6. The van der Waals surface area contributed by atoms with E-state index in [2.05, 4.69) is 10.6 Å². The summed E-state index contributed by atoms with van der Waals surface area (Å²) < 4.78 is 0. The number of likely N-dealkylation sites (N-methyl/N-ethyl adjacent to an activating group) is 1. The van der Waals surface area contributed by atoms with Crippen molar-refractivity contribution in [2.24, 2.45) is 0 Å². The van der Waals surface area contributed by atoms with Crippen LogP contribution in [0.1, 0.15) is 19.8 Å². The molecule has 2 amide bonds. The molecule has 0 aliphatic carbocycles. The largest absolute Gasteiger partial charge is 0.363 e. The van der Waals surface area contributed by atoms with Crippen molar-refractivity contribution in [3.8, 4) is 0 Å². The summed E-state index contributed by atoms with van der Waals surface area (Å²) in [6.07, 6.45) is 0.891. The van der Waals surface area contributed by atoms with E-state index >= 15 is 0 Å². The number of likely N-dealkylation sites (tertiary alicyclic amines) is 1. The highest BCUT2D eigenvalue weighted by Gasteiger charge is 2.31. The summed E-state index contributed by atoms with van der Waals surface area (Å²) in [5.41, 5.74) is 0. The highest BCUT2D eigenvalue weighted by molar-refractivity contribution is 7.80. The van der Waals surface area contributed by atoms with Gasteiger partial charge in [0.2, 0.25) is 5.91 Å². The van der Waals surface area contributed by atoms with Crippen molar-refractivity contribution in [1.82, 2.24) is 15.5 Å². The molecule has 0 saturated carbocycles. The van der Waals surface area contributed by atoms with E-state index in [-0.39, 0.29) is 17.9 Å². The third-order valence-electron chi connectivity index (χ3n) is 2.29. The van der Waals surface area contributed by atoms with Gasteiger partial charge in [0.05, 0.1) is 0 Å². The van der Waals surface area contributed by atoms with Gasteiger partial charge in [0, 0.05) is 20.0 Å². The predicted octanol–water partition coefficient (Wildman–Crippen LogP) is -0.382. The van der Waals surface area contributed by atoms with Crippen LogP contribution < -0.4 is 10.6 Å². The quantitative estimate of drug-likeness (QED) is 0.499. The second-order valence-corrected chi connectivity index (χ2v) is 3.79. The average Bonchev–Trinajstić information content (AvgIpc) is 2.20. The number of nitrogens with one attached hydrogen (secondary N) is 2. The van der Waals surface area contributed by atoms with E-state index in [1.54, 1.807) is 0 Å². The SMILES string of the molecule is CCNC(=S)NC1CCC(=O)N(C)C1=O. The molecule has 0 radical (unpaired) electrons. The summed E-state index contributed by atoms with van der Waals surface area (Å²) in [4.78, 5) is 24.0. The van der Waals surface area contributed by atoms with Crippen LogP contribution in [-0.2, 0) is 9.59 Å². The van der Waals surface area contributed by atoms with E-state index in [9.17, 15) is 9.59 Å². The molecule has 1 heterocycles. The second kappa shape index (κ2) is 5.06. The van der Waals surface area contributed by atoms with Crippen molar-refractivity contribution in [1.29, 1.82) is 0 Å². The number of imide groups is 1. The van der Waals surface area contributed by atoms with Gasteiger partial charge in [-0.25, -0.2) is 0 Å². The Morgan fingerprint density at radius 2 is 2.27 bits per heavy atom. The lowest BCUT2D eigenvalue weighted by Gasteiger charge is -2.28. The summed E-state index contributed by atoms with van der Waals surface area (Å²) in [5, 5.41) is 6.26. The molecule has 0 spiro atoms. The van der Waals surface area contributed by atoms with Gasteiger partial charge in [-0.05, 0) is 25.6 Å². The Morgan fingerprint density at radius 3 is 2.87 bits per heavy atom. The van der Waals surface area contributed by atoms with Gasteiger partial charge in [-0.15, -0.1) is 0 Å². The molecular weight excluding hydrogens is 214 g/mol. The van der Waals surface area contributed by atoms with Crippen molar-refractivity contribution < 1.29 is 9.59 Å². The van der Waals surface area contributed by atoms with Crippen LogP contribution in [0.4, 0.5) is 0 Å². The van der Waals surface area contributed by atoms with Crippen LogP contribution in [-0.4, -0.2) is 41.5 Å². The third-order valence-corrected chi connectivity index (χ3v) is 2.55. The Morgan fingerprint density at radius 1 is 1.60 bits per heavy atom. The molecule has 0 bridgehead atoms. The van der Waals surface area contributed by atoms with Crippen LogP contribution in [0.3, 0.4) is 0 Å². The topological polar surface area (TPSA) is 61.4 Å². The number of piperidine rings is 1. The second-order valence-electron chi connectivity index (χ2n) is 3.39. The van der Waals surface area contributed by atoms with E-state index in [1.807, 2.05) is 6.92 Å². The minimum absolute atomic E-state index is 0.132. The number of carbonyl (C=O) groups excluding carboxylic acids is 2. The monoisotopic (exact) mass is 229 g/mol. The van der Waals surface area contributed by atoms with Gasteiger partial charge in [-0.3, -0.25) is 14.5 Å². The molecule has 1 rings (SSSR count). The molecule has 1 fully saturated rings. The van der Waals surface area contributed by atoms with Gasteiger partial charge >= 0.3 is 0 Å². The van der Waals surface area contributed by atoms with Crippen LogP contribution in [0.5, 0.6) is 0 Å². The van der Waals surface area contributed by atoms with Gasteiger partial charge in [0.1, 0.15) is 6.04 Å². The summed E-state index contributed by atoms with van der Waals surface area (Å²) in [6, 6.07) is -0.376. The summed E-state index contributed by atoms with van der Waals surface area (Å²) in [5.74, 6) is -0.348. The highest BCUT2D eigenvalue weighted by Crippen LogP contribution is 2.10. The standard InChI is InChI=1S/C9H15N3O2S/c1-3-10-9(15)11-6-4-5-7(13)12(2)8(6)14/h6H,3-5H2,1-2H3,(H2,10,11,15). The number of rotatable bonds is 2. The van der Waals surface area contributed by atoms with Gasteiger partial charge < -0.3 is 10.6 Å². The first-order valence-electron chi connectivity index (χ1n) is 4.91. The minimum atomic E-state index is -0.376. The van der Waals surface area contributed by atoms with Gasteiger partial charge in [0.15, 0.2) is 5.11 Å². The van der Waals surface area contributed by atoms with Crippen molar-refractivity contribution in [2.75, 3.05) is 13.6 Å². The van der Waals surface area contributed by atoms with E-state index in [4.69, 9.17) is 12.2 Å². The molecule has 1 saturated heterocycles. The number of amides is 2. The molecule has 0 aromatic carbocycles. The number of nitrogens with zero attached hydrogens (tertiary/aromatic N) is 1. The zero-order valence-corrected chi connectivity index (χ0v) is 9.69. The number of carbonyl (C=O) groups is 2. The lowest BCUT2D eigenvalue weighted by molar-refractivity contribution is -0.147. The molecule has 2 N–H and O–H groups in total. The molecule has 1 atom stereocenters. The zero-order valence-electron chi connectivity index (χ0n) is 8.87. The van der Waals surface area contributed by atoms with E-state index < -0.39 is 0 Å². The van der Waals surface area contributed by atoms with Gasteiger partial charge in [-0.2, -0.15) is 0 Å². The van der Waals surface area contributed by atoms with Crippen LogP contribution >= 0.6 is 12.2 Å². The molecular formula is C9H15N3O2S. The molecule has 1 aliphatic heterocycles. The molecule has 0 aromatic heterocycles. The summed E-state index contributed by atoms with van der Waals surface area (Å²) >= 11 is 4.98.